The first-order chi connectivity index (χ1) is 17.5. The molecule has 1 amide bonds. The summed E-state index contributed by atoms with van der Waals surface area (Å²) in [6.45, 7) is 2.14. The minimum Gasteiger partial charge on any atom is -0.481 e. The number of fused-ring (bicyclic) bond motifs is 1. The molecule has 0 radical (unpaired) electrons. The van der Waals surface area contributed by atoms with Gasteiger partial charge in [-0.1, -0.05) is 36.2 Å². The molecule has 1 aromatic carbocycles. The second-order valence-corrected chi connectivity index (χ2v) is 12.6. The summed E-state index contributed by atoms with van der Waals surface area (Å²) in [5.41, 5.74) is 2.28. The number of rotatable bonds is 9. The van der Waals surface area contributed by atoms with E-state index in [4.69, 9.17) is 4.42 Å². The molecule has 2 unspecified atom stereocenters. The van der Waals surface area contributed by atoms with Crippen molar-refractivity contribution in [3.63, 3.8) is 0 Å². The van der Waals surface area contributed by atoms with Crippen LogP contribution in [0.1, 0.15) is 48.0 Å². The Morgan fingerprint density at radius 3 is 2.57 bits per heavy atom. The molecule has 37 heavy (non-hydrogen) atoms. The Balaban J connectivity index is 1.71. The van der Waals surface area contributed by atoms with Crippen LogP contribution in [-0.4, -0.2) is 50.2 Å². The summed E-state index contributed by atoms with van der Waals surface area (Å²) in [5, 5.41) is 12.6. The van der Waals surface area contributed by atoms with Gasteiger partial charge in [0, 0.05) is 19.2 Å². The van der Waals surface area contributed by atoms with Crippen LogP contribution < -0.4 is 9.62 Å². The number of carbonyl (C=O) groups is 2. The predicted molar refractivity (Wildman–Crippen MR) is 150 cm³/mol. The monoisotopic (exact) mass is 639 g/mol. The lowest BCUT2D eigenvalue weighted by atomic mass is 9.92. The van der Waals surface area contributed by atoms with Gasteiger partial charge in [-0.25, -0.2) is 8.42 Å². The highest BCUT2D eigenvalue weighted by Gasteiger charge is 2.33. The normalized spacial score (nSPS) is 17.7. The molecule has 3 aromatic rings. The van der Waals surface area contributed by atoms with Crippen molar-refractivity contribution in [1.82, 2.24) is 10.3 Å². The smallest absolute Gasteiger partial charge is 0.306 e. The summed E-state index contributed by atoms with van der Waals surface area (Å²) in [6.07, 6.45) is 4.65. The van der Waals surface area contributed by atoms with Crippen molar-refractivity contribution in [2.75, 3.05) is 24.2 Å². The summed E-state index contributed by atoms with van der Waals surface area (Å²) in [6, 6.07) is 9.29. The summed E-state index contributed by atoms with van der Waals surface area (Å²) >= 11 is 2.03. The third kappa shape index (κ3) is 5.77. The zero-order chi connectivity index (χ0) is 26.9. The van der Waals surface area contributed by atoms with E-state index in [9.17, 15) is 23.1 Å². The molecular weight excluding hydrogens is 609 g/mol. The fourth-order valence-corrected chi connectivity index (χ4v) is 6.86. The Morgan fingerprint density at radius 2 is 1.95 bits per heavy atom. The van der Waals surface area contributed by atoms with Gasteiger partial charge in [-0.3, -0.25) is 13.9 Å². The van der Waals surface area contributed by atoms with Gasteiger partial charge in [-0.15, -0.1) is 0 Å². The van der Waals surface area contributed by atoms with Gasteiger partial charge < -0.3 is 14.8 Å². The third-order valence-corrected chi connectivity index (χ3v) is 8.88. The van der Waals surface area contributed by atoms with Crippen LogP contribution in [0.15, 0.2) is 34.7 Å². The number of aliphatic carboxylic acids is 1. The summed E-state index contributed by atoms with van der Waals surface area (Å²) in [7, 11) is -2.15. The molecule has 0 saturated heterocycles. The molecule has 11 heteroatoms. The topological polar surface area (TPSA) is 130 Å². The van der Waals surface area contributed by atoms with Crippen molar-refractivity contribution in [1.29, 1.82) is 0 Å². The maximum absolute atomic E-state index is 12.8. The van der Waals surface area contributed by atoms with Crippen LogP contribution >= 0.6 is 22.6 Å². The van der Waals surface area contributed by atoms with Gasteiger partial charge in [-0.2, -0.15) is 4.98 Å². The van der Waals surface area contributed by atoms with E-state index in [1.807, 2.05) is 53.8 Å². The van der Waals surface area contributed by atoms with Crippen LogP contribution in [0.5, 0.6) is 0 Å². The molecule has 0 spiro atoms. The van der Waals surface area contributed by atoms with Crippen LogP contribution in [0, 0.1) is 22.3 Å². The van der Waals surface area contributed by atoms with Gasteiger partial charge in [-0.05, 0) is 67.2 Å². The molecule has 0 aliphatic heterocycles. The maximum atomic E-state index is 12.8. The number of furan rings is 1. The number of anilines is 1. The van der Waals surface area contributed by atoms with Crippen LogP contribution in [-0.2, 0) is 14.8 Å². The van der Waals surface area contributed by atoms with Crippen molar-refractivity contribution in [3.05, 3.63) is 45.0 Å². The maximum Gasteiger partial charge on any atom is 0.306 e. The number of halogens is 1. The number of hydrogen-bond acceptors (Lipinski definition) is 6. The highest BCUT2D eigenvalue weighted by Crippen LogP contribution is 2.38. The van der Waals surface area contributed by atoms with E-state index in [1.165, 1.54) is 11.4 Å². The average molecular weight is 640 g/mol. The first-order valence-electron chi connectivity index (χ1n) is 12.1. The van der Waals surface area contributed by atoms with Crippen molar-refractivity contribution in [3.8, 4) is 11.3 Å². The van der Waals surface area contributed by atoms with Crippen LogP contribution in [0.25, 0.3) is 22.4 Å². The number of hydrogen-bond donors (Lipinski definition) is 2. The first kappa shape index (κ1) is 27.4. The molecule has 4 rings (SSSR count). The van der Waals surface area contributed by atoms with E-state index >= 15 is 0 Å². The van der Waals surface area contributed by atoms with E-state index in [0.29, 0.717) is 45.1 Å². The number of nitrogens with zero attached hydrogens (tertiary/aromatic N) is 2. The summed E-state index contributed by atoms with van der Waals surface area (Å²) < 4.78 is 33.5. The van der Waals surface area contributed by atoms with Crippen molar-refractivity contribution < 1.29 is 27.5 Å². The van der Waals surface area contributed by atoms with Gasteiger partial charge in [0.2, 0.25) is 15.7 Å². The van der Waals surface area contributed by atoms with Gasteiger partial charge in [0.15, 0.2) is 5.82 Å². The van der Waals surface area contributed by atoms with Crippen LogP contribution in [0.2, 0.25) is 0 Å². The Hall–Kier alpha value is -2.67. The number of sulfonamides is 1. The number of benzene rings is 1. The molecule has 2 heterocycles. The van der Waals surface area contributed by atoms with E-state index < -0.39 is 16.0 Å². The largest absolute Gasteiger partial charge is 0.481 e. The summed E-state index contributed by atoms with van der Waals surface area (Å²) in [4.78, 5) is 28.9. The lowest BCUT2D eigenvalue weighted by Gasteiger charge is -2.23. The van der Waals surface area contributed by atoms with Gasteiger partial charge in [0.05, 0.1) is 26.7 Å². The van der Waals surface area contributed by atoms with Gasteiger partial charge >= 0.3 is 5.97 Å². The van der Waals surface area contributed by atoms with Gasteiger partial charge in [0.1, 0.15) is 5.76 Å². The SMILES string of the molecule is CNC(=O)c1c(-c2ccc(C)cc2)oc2nc(N(CCCC3CCCC3C(=O)O)S(C)(=O)=O)c(I)cc12. The number of aryl methyl sites for hydroxylation is 1. The Bertz CT molecular complexity index is 1430. The third-order valence-electron chi connectivity index (χ3n) is 6.93. The summed E-state index contributed by atoms with van der Waals surface area (Å²) in [5.74, 6) is -0.841. The molecule has 198 valence electrons. The molecule has 2 atom stereocenters. The molecule has 2 N–H and O–H groups in total. The number of carbonyl (C=O) groups excluding carboxylic acids is 1. The minimum atomic E-state index is -3.69. The zero-order valence-electron chi connectivity index (χ0n) is 21.0. The molecule has 0 bridgehead atoms. The van der Waals surface area contributed by atoms with Crippen LogP contribution in [0.3, 0.4) is 0 Å². The zero-order valence-corrected chi connectivity index (χ0v) is 23.9. The average Bonchev–Trinajstić information content (AvgIpc) is 3.45. The molecule has 9 nitrogen and oxygen atoms in total. The number of carboxylic acids is 1. The van der Waals surface area contributed by atoms with E-state index in [1.54, 1.807) is 6.07 Å². The van der Waals surface area contributed by atoms with Gasteiger partial charge in [0.25, 0.3) is 5.91 Å². The number of amides is 1. The van der Waals surface area contributed by atoms with E-state index in [-0.39, 0.29) is 35.8 Å². The second-order valence-electron chi connectivity index (χ2n) is 9.51. The number of aromatic nitrogens is 1. The molecule has 2 aromatic heterocycles. The molecule has 1 aliphatic rings. The first-order valence-corrected chi connectivity index (χ1v) is 15.1. The Morgan fingerprint density at radius 1 is 1.24 bits per heavy atom. The lowest BCUT2D eigenvalue weighted by Crippen LogP contribution is -2.33. The molecule has 1 fully saturated rings. The Labute approximate surface area is 229 Å². The Kier molecular flexibility index (Phi) is 8.12. The molecular formula is C26H30IN3O6S. The number of carboxylic acid groups (broad SMARTS) is 1. The molecule has 1 aliphatic carbocycles. The highest BCUT2D eigenvalue weighted by molar-refractivity contribution is 14.1. The standard InChI is InChI=1S/C26H30IN3O6S/c1-15-9-11-17(12-10-15)22-21(24(31)28-2)19-14-20(27)23(29-25(19)36-22)30(37(3,34)35)13-5-7-16-6-4-8-18(16)26(32)33/h9-12,14,16,18H,4-8,13H2,1-3H3,(H,28,31)(H,32,33). The fraction of sp³-hybridized carbons (Fsp3) is 0.423. The van der Waals surface area contributed by atoms with E-state index in [0.717, 1.165) is 24.7 Å². The number of nitrogens with one attached hydrogen (secondary N) is 1. The highest BCUT2D eigenvalue weighted by atomic mass is 127. The van der Waals surface area contributed by atoms with E-state index in [2.05, 4.69) is 10.3 Å². The van der Waals surface area contributed by atoms with Crippen molar-refractivity contribution in [2.45, 2.75) is 39.0 Å². The molecule has 1 saturated carbocycles. The predicted octanol–water partition coefficient (Wildman–Crippen LogP) is 4.81. The van der Waals surface area contributed by atoms with Crippen molar-refractivity contribution >= 4 is 61.4 Å². The number of pyridine rings is 1. The van der Waals surface area contributed by atoms with Crippen LogP contribution in [0.4, 0.5) is 5.82 Å². The fourth-order valence-electron chi connectivity index (χ4n) is 5.06. The second kappa shape index (κ2) is 11.0. The quantitative estimate of drug-likeness (QED) is 0.322. The van der Waals surface area contributed by atoms with Crippen molar-refractivity contribution in [2.24, 2.45) is 11.8 Å². The minimum absolute atomic E-state index is 0.0469. The lowest BCUT2D eigenvalue weighted by molar-refractivity contribution is -0.143.